The molecule has 2 heterocycles. The second kappa shape index (κ2) is 4.52. The van der Waals surface area contributed by atoms with Gasteiger partial charge in [0.15, 0.2) is 0 Å². The molecule has 0 radical (unpaired) electrons. The molecule has 0 saturated heterocycles. The Morgan fingerprint density at radius 2 is 2.19 bits per heavy atom. The van der Waals surface area contributed by atoms with Crippen LogP contribution in [0.2, 0.25) is 0 Å². The minimum Gasteiger partial charge on any atom is -0.285 e. The van der Waals surface area contributed by atoms with Gasteiger partial charge in [-0.25, -0.2) is 4.98 Å². The van der Waals surface area contributed by atoms with E-state index in [4.69, 9.17) is 5.53 Å². The summed E-state index contributed by atoms with van der Waals surface area (Å²) in [5.74, 6) is -0.668. The van der Waals surface area contributed by atoms with Crippen molar-refractivity contribution < 1.29 is 4.79 Å². The first-order valence-corrected chi connectivity index (χ1v) is 5.14. The number of hydrogen-bond acceptors (Lipinski definition) is 4. The van der Waals surface area contributed by atoms with Crippen molar-refractivity contribution in [1.82, 2.24) is 9.97 Å². The van der Waals surface area contributed by atoms with Gasteiger partial charge in [0.2, 0.25) is 0 Å². The summed E-state index contributed by atoms with van der Waals surface area (Å²) in [7, 11) is 0. The van der Waals surface area contributed by atoms with E-state index in [1.54, 1.807) is 29.9 Å². The minimum atomic E-state index is -0.668. The van der Waals surface area contributed by atoms with Gasteiger partial charge in [0.25, 0.3) is 5.91 Å². The minimum absolute atomic E-state index is 0.162. The van der Waals surface area contributed by atoms with Crippen LogP contribution < -0.4 is 0 Å². The summed E-state index contributed by atoms with van der Waals surface area (Å²) in [6.45, 7) is 0. The van der Waals surface area contributed by atoms with Crippen molar-refractivity contribution in [2.45, 2.75) is 0 Å². The Bertz CT molecular complexity index is 558. The zero-order chi connectivity index (χ0) is 11.4. The highest BCUT2D eigenvalue weighted by Gasteiger charge is 2.09. The zero-order valence-electron chi connectivity index (χ0n) is 7.94. The Balaban J connectivity index is 2.33. The second-order valence-electron chi connectivity index (χ2n) is 2.77. The van der Waals surface area contributed by atoms with Crippen LogP contribution >= 0.6 is 11.3 Å². The first-order chi connectivity index (χ1) is 7.81. The van der Waals surface area contributed by atoms with Gasteiger partial charge in [-0.3, -0.25) is 9.78 Å². The monoisotopic (exact) mass is 231 g/mol. The molecular weight excluding hydrogens is 226 g/mol. The van der Waals surface area contributed by atoms with E-state index in [9.17, 15) is 4.79 Å². The molecule has 0 unspecified atom stereocenters. The van der Waals surface area contributed by atoms with Gasteiger partial charge in [0.1, 0.15) is 10.7 Å². The molecule has 1 amide bonds. The number of pyridine rings is 1. The van der Waals surface area contributed by atoms with Crippen LogP contribution in [-0.2, 0) is 0 Å². The predicted octanol–water partition coefficient (Wildman–Crippen LogP) is 2.66. The van der Waals surface area contributed by atoms with E-state index in [1.165, 1.54) is 11.3 Å². The first kappa shape index (κ1) is 10.3. The predicted molar refractivity (Wildman–Crippen MR) is 58.8 cm³/mol. The number of azide groups is 1. The molecule has 6 nitrogen and oxygen atoms in total. The van der Waals surface area contributed by atoms with Crippen molar-refractivity contribution in [2.75, 3.05) is 0 Å². The molecule has 0 aliphatic heterocycles. The van der Waals surface area contributed by atoms with Crippen molar-refractivity contribution in [3.8, 4) is 10.6 Å². The number of rotatable bonds is 2. The SMILES string of the molecule is [N-]=[N+]=NC(=O)c1csc(-c2ccncc2)n1. The number of carbonyl (C=O) groups excluding carboxylic acids is 1. The number of hydrogen-bond donors (Lipinski definition) is 0. The molecule has 0 bridgehead atoms. The maximum absolute atomic E-state index is 11.2. The van der Waals surface area contributed by atoms with E-state index in [0.29, 0.717) is 5.01 Å². The fourth-order valence-corrected chi connectivity index (χ4v) is 1.89. The molecule has 2 aromatic heterocycles. The molecule has 7 heteroatoms. The zero-order valence-corrected chi connectivity index (χ0v) is 8.76. The number of thiazole rings is 1. The smallest absolute Gasteiger partial charge is 0.268 e. The summed E-state index contributed by atoms with van der Waals surface area (Å²) in [6, 6.07) is 3.58. The summed E-state index contributed by atoms with van der Waals surface area (Å²) in [5, 5.41) is 5.23. The lowest BCUT2D eigenvalue weighted by atomic mass is 10.3. The first-order valence-electron chi connectivity index (χ1n) is 4.26. The maximum Gasteiger partial charge on any atom is 0.268 e. The van der Waals surface area contributed by atoms with Gasteiger partial charge in [-0.2, -0.15) is 0 Å². The molecule has 0 N–H and O–H groups in total. The number of nitrogens with zero attached hydrogens (tertiary/aromatic N) is 5. The Morgan fingerprint density at radius 3 is 2.88 bits per heavy atom. The third-order valence-corrected chi connectivity index (χ3v) is 2.68. The number of carbonyl (C=O) groups is 1. The summed E-state index contributed by atoms with van der Waals surface area (Å²) in [6.07, 6.45) is 3.29. The van der Waals surface area contributed by atoms with Gasteiger partial charge in [-0.05, 0) is 22.8 Å². The summed E-state index contributed by atoms with van der Waals surface area (Å²) >= 11 is 1.31. The fraction of sp³-hybridized carbons (Fsp3) is 0. The highest BCUT2D eigenvalue weighted by atomic mass is 32.1. The van der Waals surface area contributed by atoms with E-state index in [2.05, 4.69) is 20.0 Å². The Morgan fingerprint density at radius 1 is 1.44 bits per heavy atom. The topological polar surface area (TPSA) is 91.6 Å². The molecule has 16 heavy (non-hydrogen) atoms. The Hall–Kier alpha value is -2.24. The standard InChI is InChI=1S/C9H5N5OS/c10-14-13-8(15)7-5-16-9(12-7)6-1-3-11-4-2-6/h1-5H. The average Bonchev–Trinajstić information content (AvgIpc) is 2.80. The van der Waals surface area contributed by atoms with Crippen LogP contribution in [0.15, 0.2) is 35.0 Å². The highest BCUT2D eigenvalue weighted by molar-refractivity contribution is 7.13. The maximum atomic E-state index is 11.2. The lowest BCUT2D eigenvalue weighted by molar-refractivity contribution is 0.0996. The third kappa shape index (κ3) is 2.05. The van der Waals surface area contributed by atoms with Crippen LogP contribution in [0.1, 0.15) is 10.5 Å². The lowest BCUT2D eigenvalue weighted by Gasteiger charge is -1.92. The van der Waals surface area contributed by atoms with Gasteiger partial charge in [-0.1, -0.05) is 0 Å². The molecule has 0 saturated carbocycles. The molecule has 0 aliphatic rings. The molecule has 78 valence electrons. The third-order valence-electron chi connectivity index (χ3n) is 1.79. The molecule has 0 fully saturated rings. The summed E-state index contributed by atoms with van der Waals surface area (Å²) < 4.78 is 0. The number of aromatic nitrogens is 2. The van der Waals surface area contributed by atoms with Crippen LogP contribution in [0.3, 0.4) is 0 Å². The highest BCUT2D eigenvalue weighted by Crippen LogP contribution is 2.23. The lowest BCUT2D eigenvalue weighted by Crippen LogP contribution is -1.92. The molecule has 2 aromatic rings. The summed E-state index contributed by atoms with van der Waals surface area (Å²) in [4.78, 5) is 21.6. The molecule has 0 atom stereocenters. The van der Waals surface area contributed by atoms with Gasteiger partial charge >= 0.3 is 0 Å². The fourth-order valence-electron chi connectivity index (χ4n) is 1.09. The van der Waals surface area contributed by atoms with Gasteiger partial charge in [-0.15, -0.1) is 11.3 Å². The van der Waals surface area contributed by atoms with Crippen LogP contribution in [0, 0.1) is 0 Å². The van der Waals surface area contributed by atoms with Crippen molar-refractivity contribution in [1.29, 1.82) is 0 Å². The summed E-state index contributed by atoms with van der Waals surface area (Å²) in [5.41, 5.74) is 9.16. The van der Waals surface area contributed by atoms with E-state index in [-0.39, 0.29) is 5.69 Å². The second-order valence-corrected chi connectivity index (χ2v) is 3.63. The quantitative estimate of drug-likeness (QED) is 0.451. The van der Waals surface area contributed by atoms with Crippen LogP contribution in [0.5, 0.6) is 0 Å². The van der Waals surface area contributed by atoms with Crippen molar-refractivity contribution in [3.63, 3.8) is 0 Å². The Kier molecular flexibility index (Phi) is 2.90. The van der Waals surface area contributed by atoms with E-state index in [0.717, 1.165) is 5.56 Å². The van der Waals surface area contributed by atoms with E-state index < -0.39 is 5.91 Å². The van der Waals surface area contributed by atoms with E-state index in [1.807, 2.05) is 0 Å². The van der Waals surface area contributed by atoms with Crippen LogP contribution in [-0.4, -0.2) is 15.9 Å². The molecule has 2 rings (SSSR count). The normalized spacial score (nSPS) is 9.50. The van der Waals surface area contributed by atoms with Gasteiger partial charge in [0.05, 0.1) is 0 Å². The average molecular weight is 231 g/mol. The Labute approximate surface area is 94.2 Å². The number of amides is 1. The van der Waals surface area contributed by atoms with Crippen molar-refractivity contribution >= 4 is 17.2 Å². The molecule has 0 aliphatic carbocycles. The van der Waals surface area contributed by atoms with E-state index >= 15 is 0 Å². The van der Waals surface area contributed by atoms with Crippen molar-refractivity contribution in [3.05, 3.63) is 46.0 Å². The van der Waals surface area contributed by atoms with Gasteiger partial charge < -0.3 is 0 Å². The largest absolute Gasteiger partial charge is 0.285 e. The molecule has 0 aromatic carbocycles. The van der Waals surface area contributed by atoms with Crippen LogP contribution in [0.25, 0.3) is 21.0 Å². The molecule has 0 spiro atoms. The van der Waals surface area contributed by atoms with Crippen molar-refractivity contribution in [2.24, 2.45) is 5.11 Å². The van der Waals surface area contributed by atoms with Crippen LogP contribution in [0.4, 0.5) is 0 Å². The molecular formula is C9H5N5OS. The van der Waals surface area contributed by atoms with Gasteiger partial charge in [0, 0.05) is 28.2 Å².